The third-order valence-electron chi connectivity index (χ3n) is 5.24. The van der Waals surface area contributed by atoms with Crippen molar-refractivity contribution in [2.45, 2.75) is 37.6 Å². The zero-order valence-electron chi connectivity index (χ0n) is 16.5. The van der Waals surface area contributed by atoms with Crippen LogP contribution in [0.3, 0.4) is 0 Å². The zero-order chi connectivity index (χ0) is 23.3. The predicted octanol–water partition coefficient (Wildman–Crippen LogP) is 0.489. The summed E-state index contributed by atoms with van der Waals surface area (Å²) in [6.45, 7) is 1.44. The van der Waals surface area contributed by atoms with Crippen molar-refractivity contribution in [1.82, 2.24) is 0 Å². The molecule has 0 radical (unpaired) electrons. The van der Waals surface area contributed by atoms with Gasteiger partial charge in [0.05, 0.1) is 6.10 Å². The first-order valence-electron chi connectivity index (χ1n) is 9.50. The van der Waals surface area contributed by atoms with Crippen LogP contribution in [-0.4, -0.2) is 66.5 Å². The fraction of sp³-hybridized carbons (Fsp3) is 0.286. The maximum absolute atomic E-state index is 12.6. The molecule has 1 aromatic heterocycles. The van der Waals surface area contributed by atoms with Gasteiger partial charge in [0.1, 0.15) is 35.0 Å². The summed E-state index contributed by atoms with van der Waals surface area (Å²) in [6.07, 6.45) is -7.08. The van der Waals surface area contributed by atoms with Gasteiger partial charge in [0.15, 0.2) is 28.4 Å². The van der Waals surface area contributed by atoms with Gasteiger partial charge in [-0.2, -0.15) is 0 Å². The Labute approximate surface area is 179 Å². The normalized spacial score (nSPS) is 25.7. The molecule has 0 saturated carbocycles. The van der Waals surface area contributed by atoms with E-state index in [0.29, 0.717) is 0 Å². The third kappa shape index (κ3) is 3.56. The topological polar surface area (TPSA) is 190 Å². The summed E-state index contributed by atoms with van der Waals surface area (Å²) < 4.78 is 16.4. The lowest BCUT2D eigenvalue weighted by atomic mass is 10.00. The molecule has 0 spiro atoms. The Morgan fingerprint density at radius 2 is 1.59 bits per heavy atom. The Hall–Kier alpha value is -3.51. The van der Waals surface area contributed by atoms with Gasteiger partial charge in [0.2, 0.25) is 12.0 Å². The van der Waals surface area contributed by atoms with Gasteiger partial charge >= 0.3 is 0 Å². The smallest absolute Gasteiger partial charge is 0.229 e. The zero-order valence-corrected chi connectivity index (χ0v) is 16.5. The minimum Gasteiger partial charge on any atom is -0.504 e. The standard InChI is InChI=1S/C21H20O11/c1-7-16(25)19(28)20(29)21(30-7)32-14-6-13-15(18(27)17(14)26)11(24)5-12(31-13)8-2-3-9(22)10(23)4-8/h2-7,16,19-23,25-29H,1H3. The molecule has 2 aromatic carbocycles. The molecule has 1 saturated heterocycles. The average molecular weight is 448 g/mol. The second-order valence-electron chi connectivity index (χ2n) is 7.42. The molecule has 5 unspecified atom stereocenters. The molecule has 0 amide bonds. The lowest BCUT2D eigenvalue weighted by molar-refractivity contribution is -0.268. The first-order valence-corrected chi connectivity index (χ1v) is 9.50. The number of fused-ring (bicyclic) bond motifs is 1. The molecule has 1 aliphatic heterocycles. The van der Waals surface area contributed by atoms with Crippen molar-refractivity contribution in [1.29, 1.82) is 0 Å². The van der Waals surface area contributed by atoms with Crippen LogP contribution in [0.4, 0.5) is 0 Å². The number of rotatable bonds is 3. The summed E-state index contributed by atoms with van der Waals surface area (Å²) in [5.41, 5.74) is -0.676. The van der Waals surface area contributed by atoms with E-state index in [0.717, 1.165) is 18.2 Å². The first kappa shape index (κ1) is 21.7. The van der Waals surface area contributed by atoms with Gasteiger partial charge in [0.25, 0.3) is 0 Å². The maximum atomic E-state index is 12.6. The number of hydrogen-bond acceptors (Lipinski definition) is 11. The highest BCUT2D eigenvalue weighted by Crippen LogP contribution is 2.43. The van der Waals surface area contributed by atoms with Gasteiger partial charge in [-0.25, -0.2) is 0 Å². The number of ether oxygens (including phenoxy) is 2. The van der Waals surface area contributed by atoms with E-state index in [1.807, 2.05) is 0 Å². The number of phenolic OH excluding ortho intramolecular Hbond substituents is 4. The van der Waals surface area contributed by atoms with Gasteiger partial charge in [-0.1, -0.05) is 0 Å². The first-order chi connectivity index (χ1) is 15.1. The molecule has 11 nitrogen and oxygen atoms in total. The van der Waals surface area contributed by atoms with Crippen molar-refractivity contribution in [3.63, 3.8) is 0 Å². The molecule has 1 aliphatic rings. The minimum atomic E-state index is -1.68. The highest BCUT2D eigenvalue weighted by molar-refractivity contribution is 5.89. The van der Waals surface area contributed by atoms with E-state index in [9.17, 15) is 40.5 Å². The van der Waals surface area contributed by atoms with Crippen LogP contribution in [0.25, 0.3) is 22.3 Å². The molecule has 4 rings (SSSR count). The van der Waals surface area contributed by atoms with E-state index < -0.39 is 59.1 Å². The van der Waals surface area contributed by atoms with Crippen molar-refractivity contribution in [3.05, 3.63) is 40.6 Å². The van der Waals surface area contributed by atoms with Crippen molar-refractivity contribution < 1.29 is 49.6 Å². The van der Waals surface area contributed by atoms with E-state index in [1.54, 1.807) is 0 Å². The highest BCUT2D eigenvalue weighted by atomic mass is 16.7. The lowest BCUT2D eigenvalue weighted by Crippen LogP contribution is -2.58. The number of aliphatic hydroxyl groups excluding tert-OH is 3. The molecule has 0 aliphatic carbocycles. The molecule has 0 bridgehead atoms. The predicted molar refractivity (Wildman–Crippen MR) is 108 cm³/mol. The average Bonchev–Trinajstić information content (AvgIpc) is 2.75. The molecule has 5 atom stereocenters. The van der Waals surface area contributed by atoms with Gasteiger partial charge in [-0.05, 0) is 25.1 Å². The van der Waals surface area contributed by atoms with Crippen LogP contribution in [-0.2, 0) is 4.74 Å². The molecular formula is C21H20O11. The molecule has 1 fully saturated rings. The van der Waals surface area contributed by atoms with E-state index in [2.05, 4.69) is 0 Å². The Bertz CT molecular complexity index is 1230. The number of aromatic hydroxyl groups is 4. The Kier molecular flexibility index (Phi) is 5.34. The van der Waals surface area contributed by atoms with Crippen molar-refractivity contribution in [3.8, 4) is 40.1 Å². The fourth-order valence-electron chi connectivity index (χ4n) is 3.41. The van der Waals surface area contributed by atoms with Crippen LogP contribution >= 0.6 is 0 Å². The lowest BCUT2D eigenvalue weighted by Gasteiger charge is -2.38. The molecule has 2 heterocycles. The molecule has 32 heavy (non-hydrogen) atoms. The fourth-order valence-corrected chi connectivity index (χ4v) is 3.41. The van der Waals surface area contributed by atoms with Crippen molar-refractivity contribution in [2.75, 3.05) is 0 Å². The maximum Gasteiger partial charge on any atom is 0.229 e. The second-order valence-corrected chi connectivity index (χ2v) is 7.42. The number of aliphatic hydroxyl groups is 3. The summed E-state index contributed by atoms with van der Waals surface area (Å²) in [7, 11) is 0. The van der Waals surface area contributed by atoms with Crippen LogP contribution < -0.4 is 10.2 Å². The number of phenols is 4. The summed E-state index contributed by atoms with van der Waals surface area (Å²) >= 11 is 0. The SMILES string of the molecule is CC1OC(Oc2cc3oc(-c4ccc(O)c(O)c4)cc(=O)c3c(O)c2O)C(O)C(O)C1O. The molecule has 170 valence electrons. The minimum absolute atomic E-state index is 0.0186. The van der Waals surface area contributed by atoms with Crippen LogP contribution in [0.15, 0.2) is 39.5 Å². The number of benzene rings is 2. The molecular weight excluding hydrogens is 428 g/mol. The second kappa shape index (κ2) is 7.88. The van der Waals surface area contributed by atoms with Gasteiger partial charge in [0, 0.05) is 17.7 Å². The molecule has 7 N–H and O–H groups in total. The highest BCUT2D eigenvalue weighted by Gasteiger charge is 2.43. The van der Waals surface area contributed by atoms with Crippen LogP contribution in [0.5, 0.6) is 28.7 Å². The van der Waals surface area contributed by atoms with Crippen LogP contribution in [0.2, 0.25) is 0 Å². The van der Waals surface area contributed by atoms with Gasteiger partial charge in [-0.15, -0.1) is 0 Å². The summed E-state index contributed by atoms with van der Waals surface area (Å²) in [5.74, 6) is -2.93. The van der Waals surface area contributed by atoms with E-state index in [-0.39, 0.29) is 28.0 Å². The third-order valence-corrected chi connectivity index (χ3v) is 5.24. The number of hydrogen-bond donors (Lipinski definition) is 7. The van der Waals surface area contributed by atoms with Gasteiger partial charge < -0.3 is 49.6 Å². The van der Waals surface area contributed by atoms with E-state index in [1.165, 1.54) is 19.1 Å². The van der Waals surface area contributed by atoms with E-state index in [4.69, 9.17) is 13.9 Å². The quantitative estimate of drug-likeness (QED) is 0.276. The summed E-state index contributed by atoms with van der Waals surface area (Å²) in [4.78, 5) is 12.6. The van der Waals surface area contributed by atoms with Crippen LogP contribution in [0.1, 0.15) is 6.92 Å². The van der Waals surface area contributed by atoms with Crippen molar-refractivity contribution >= 4 is 11.0 Å². The summed E-state index contributed by atoms with van der Waals surface area (Å²) in [5, 5.41) is 69.3. The Morgan fingerprint density at radius 3 is 2.28 bits per heavy atom. The Balaban J connectivity index is 1.78. The van der Waals surface area contributed by atoms with Gasteiger partial charge in [-0.3, -0.25) is 4.79 Å². The Morgan fingerprint density at radius 1 is 0.875 bits per heavy atom. The summed E-state index contributed by atoms with van der Waals surface area (Å²) in [6, 6.07) is 5.85. The largest absolute Gasteiger partial charge is 0.504 e. The van der Waals surface area contributed by atoms with Crippen molar-refractivity contribution in [2.24, 2.45) is 0 Å². The molecule has 3 aromatic rings. The van der Waals surface area contributed by atoms with E-state index >= 15 is 0 Å². The monoisotopic (exact) mass is 448 g/mol. The van der Waals surface area contributed by atoms with Crippen LogP contribution in [0, 0.1) is 0 Å². The molecule has 11 heteroatoms.